The van der Waals surface area contributed by atoms with Crippen molar-refractivity contribution in [1.29, 1.82) is 0 Å². The Morgan fingerprint density at radius 1 is 0.540 bits per heavy atom. The minimum Gasteiger partial charge on any atom is -0.507 e. The first-order valence-electron chi connectivity index (χ1n) is 18.9. The van der Waals surface area contributed by atoms with Crippen molar-refractivity contribution in [2.24, 2.45) is 11.8 Å². The summed E-state index contributed by atoms with van der Waals surface area (Å²) in [6.07, 6.45) is 17.1. The van der Waals surface area contributed by atoms with Crippen LogP contribution in [-0.2, 0) is 22.4 Å². The summed E-state index contributed by atoms with van der Waals surface area (Å²) in [7, 11) is 0. The number of phenols is 2. The van der Waals surface area contributed by atoms with Gasteiger partial charge in [0, 0.05) is 11.8 Å². The Bertz CT molecular complexity index is 1350. The first kappa shape index (κ1) is 42.1. The van der Waals surface area contributed by atoms with E-state index in [1.165, 1.54) is 38.5 Å². The fourth-order valence-corrected chi connectivity index (χ4v) is 5.97. The average molecular weight is 695 g/mol. The van der Waals surface area contributed by atoms with Gasteiger partial charge in [0.1, 0.15) is 11.5 Å². The SMILES string of the molecule is CCCCCCCc1ccc(C(=O)NNC(=O)C(C)CCCC(CCCC)C(=O)NNC(=O)c2ccc(CCCCCCC)cc2O)c(O)c1. The molecule has 0 saturated carbocycles. The van der Waals surface area contributed by atoms with Crippen LogP contribution in [0, 0.1) is 11.8 Å². The Hall–Kier alpha value is -4.08. The second-order valence-corrected chi connectivity index (χ2v) is 13.6. The molecule has 0 saturated heterocycles. The van der Waals surface area contributed by atoms with Crippen LogP contribution in [-0.4, -0.2) is 33.8 Å². The maximum Gasteiger partial charge on any atom is 0.273 e. The molecule has 0 spiro atoms. The van der Waals surface area contributed by atoms with Crippen LogP contribution in [0.4, 0.5) is 0 Å². The van der Waals surface area contributed by atoms with E-state index < -0.39 is 17.7 Å². The Kier molecular flexibility index (Phi) is 20.3. The zero-order valence-electron chi connectivity index (χ0n) is 30.9. The lowest BCUT2D eigenvalue weighted by Crippen LogP contribution is -2.45. The summed E-state index contributed by atoms with van der Waals surface area (Å²) in [6.45, 7) is 8.14. The van der Waals surface area contributed by atoms with Gasteiger partial charge in [-0.3, -0.25) is 40.9 Å². The van der Waals surface area contributed by atoms with E-state index in [0.29, 0.717) is 25.7 Å². The third kappa shape index (κ3) is 15.6. The Balaban J connectivity index is 1.79. The number of nitrogens with one attached hydrogen (secondary N) is 4. The molecule has 0 fully saturated rings. The number of phenolic OH excluding ortho intramolecular Hbond substituents is 2. The van der Waals surface area contributed by atoms with E-state index >= 15 is 0 Å². The summed E-state index contributed by atoms with van der Waals surface area (Å²) in [5, 5.41) is 20.9. The van der Waals surface area contributed by atoms with Crippen molar-refractivity contribution >= 4 is 23.6 Å². The first-order valence-corrected chi connectivity index (χ1v) is 18.9. The number of hydrazine groups is 2. The second-order valence-electron chi connectivity index (χ2n) is 13.6. The molecular weight excluding hydrogens is 632 g/mol. The number of aryl methyl sites for hydroxylation is 2. The van der Waals surface area contributed by atoms with E-state index in [9.17, 15) is 29.4 Å². The molecule has 0 radical (unpaired) electrons. The molecule has 2 rings (SSSR count). The van der Waals surface area contributed by atoms with Gasteiger partial charge in [0.25, 0.3) is 11.8 Å². The largest absolute Gasteiger partial charge is 0.507 e. The summed E-state index contributed by atoms with van der Waals surface area (Å²) >= 11 is 0. The van der Waals surface area contributed by atoms with Crippen LogP contribution in [0.1, 0.15) is 162 Å². The van der Waals surface area contributed by atoms with E-state index in [1.807, 2.05) is 19.1 Å². The maximum atomic E-state index is 13.0. The number of benzene rings is 2. The minimum absolute atomic E-state index is 0.0879. The normalized spacial score (nSPS) is 12.2. The number of carbonyl (C=O) groups excluding carboxylic acids is 4. The Morgan fingerprint density at radius 2 is 0.980 bits per heavy atom. The summed E-state index contributed by atoms with van der Waals surface area (Å²) in [5.41, 5.74) is 11.9. The molecule has 2 aromatic carbocycles. The summed E-state index contributed by atoms with van der Waals surface area (Å²) in [5.74, 6) is -2.92. The van der Waals surface area contributed by atoms with Crippen molar-refractivity contribution < 1.29 is 29.4 Å². The van der Waals surface area contributed by atoms with Gasteiger partial charge in [0.2, 0.25) is 11.8 Å². The molecule has 4 amide bonds. The maximum absolute atomic E-state index is 13.0. The topological polar surface area (TPSA) is 157 Å². The number of rotatable bonds is 23. The molecule has 2 unspecified atom stereocenters. The number of aromatic hydroxyl groups is 2. The molecule has 0 heterocycles. The standard InChI is InChI=1S/C40H62N4O6/c1-5-8-11-13-15-19-30-23-25-33(35(45)27-30)39(49)43-41-37(47)29(4)18-17-22-32(21-10-7-3)38(48)42-44-40(50)34-26-24-31(28-36(34)46)20-16-14-12-9-6-2/h23-29,32,45-46H,5-22H2,1-4H3,(H,41,47)(H,42,48)(H,43,49)(H,44,50). The van der Waals surface area contributed by atoms with Gasteiger partial charge in [-0.25, -0.2) is 0 Å². The van der Waals surface area contributed by atoms with Crippen LogP contribution >= 0.6 is 0 Å². The highest BCUT2D eigenvalue weighted by atomic mass is 16.3. The van der Waals surface area contributed by atoms with Gasteiger partial charge in [-0.05, 0) is 80.3 Å². The lowest BCUT2D eigenvalue weighted by molar-refractivity contribution is -0.126. The van der Waals surface area contributed by atoms with Gasteiger partial charge < -0.3 is 10.2 Å². The van der Waals surface area contributed by atoms with Crippen LogP contribution in [0.5, 0.6) is 11.5 Å². The average Bonchev–Trinajstić information content (AvgIpc) is 3.10. The molecule has 0 aliphatic carbocycles. The van der Waals surface area contributed by atoms with Crippen LogP contribution in [0.25, 0.3) is 0 Å². The van der Waals surface area contributed by atoms with Gasteiger partial charge in [-0.1, -0.05) is 110 Å². The quantitative estimate of drug-likeness (QED) is 0.0512. The molecule has 6 N–H and O–H groups in total. The lowest BCUT2D eigenvalue weighted by atomic mass is 9.93. The van der Waals surface area contributed by atoms with E-state index in [4.69, 9.17) is 0 Å². The highest BCUT2D eigenvalue weighted by Crippen LogP contribution is 2.23. The smallest absolute Gasteiger partial charge is 0.273 e. The number of unbranched alkanes of at least 4 members (excludes halogenated alkanes) is 9. The summed E-state index contributed by atoms with van der Waals surface area (Å²) < 4.78 is 0. The molecule has 10 nitrogen and oxygen atoms in total. The van der Waals surface area contributed by atoms with Crippen LogP contribution in [0.3, 0.4) is 0 Å². The molecule has 0 aliphatic rings. The van der Waals surface area contributed by atoms with Crippen molar-refractivity contribution in [2.45, 2.75) is 143 Å². The van der Waals surface area contributed by atoms with Gasteiger partial charge >= 0.3 is 0 Å². The fraction of sp³-hybridized carbons (Fsp3) is 0.600. The minimum atomic E-state index is -0.599. The zero-order valence-corrected chi connectivity index (χ0v) is 30.9. The van der Waals surface area contributed by atoms with Gasteiger partial charge in [0.15, 0.2) is 0 Å². The van der Waals surface area contributed by atoms with Crippen molar-refractivity contribution in [3.63, 3.8) is 0 Å². The molecule has 0 bridgehead atoms. The third-order valence-corrected chi connectivity index (χ3v) is 9.26. The molecule has 0 aromatic heterocycles. The number of hydrogen-bond donors (Lipinski definition) is 6. The van der Waals surface area contributed by atoms with Crippen LogP contribution in [0.15, 0.2) is 36.4 Å². The van der Waals surface area contributed by atoms with Crippen molar-refractivity contribution in [1.82, 2.24) is 21.7 Å². The van der Waals surface area contributed by atoms with Crippen LogP contribution < -0.4 is 21.7 Å². The van der Waals surface area contributed by atoms with E-state index in [0.717, 1.165) is 62.5 Å². The molecule has 0 aliphatic heterocycles. The highest BCUT2D eigenvalue weighted by molar-refractivity contribution is 5.98. The van der Waals surface area contributed by atoms with Gasteiger partial charge in [0.05, 0.1) is 11.1 Å². The van der Waals surface area contributed by atoms with E-state index in [1.54, 1.807) is 31.2 Å². The molecule has 10 heteroatoms. The predicted molar refractivity (Wildman–Crippen MR) is 198 cm³/mol. The third-order valence-electron chi connectivity index (χ3n) is 9.26. The van der Waals surface area contributed by atoms with Gasteiger partial charge in [-0.15, -0.1) is 0 Å². The molecule has 2 atom stereocenters. The number of hydrogen-bond acceptors (Lipinski definition) is 6. The highest BCUT2D eigenvalue weighted by Gasteiger charge is 2.22. The number of amides is 4. The molecular formula is C40H62N4O6. The first-order chi connectivity index (χ1) is 24.1. The lowest BCUT2D eigenvalue weighted by Gasteiger charge is -2.18. The Morgan fingerprint density at radius 3 is 1.44 bits per heavy atom. The summed E-state index contributed by atoms with van der Waals surface area (Å²) in [6, 6.07) is 10.0. The fourth-order valence-electron chi connectivity index (χ4n) is 5.97. The van der Waals surface area contributed by atoms with Crippen LogP contribution in [0.2, 0.25) is 0 Å². The van der Waals surface area contributed by atoms with Gasteiger partial charge in [-0.2, -0.15) is 0 Å². The predicted octanol–water partition coefficient (Wildman–Crippen LogP) is 7.96. The van der Waals surface area contributed by atoms with Crippen molar-refractivity contribution in [3.8, 4) is 11.5 Å². The molecule has 50 heavy (non-hydrogen) atoms. The zero-order chi connectivity index (χ0) is 36.7. The van der Waals surface area contributed by atoms with E-state index in [2.05, 4.69) is 35.6 Å². The monoisotopic (exact) mass is 694 g/mol. The summed E-state index contributed by atoms with van der Waals surface area (Å²) in [4.78, 5) is 51.1. The Labute approximate surface area is 299 Å². The molecule has 2 aromatic rings. The van der Waals surface area contributed by atoms with Crippen molar-refractivity contribution in [3.05, 3.63) is 58.7 Å². The molecule has 278 valence electrons. The van der Waals surface area contributed by atoms with E-state index in [-0.39, 0.29) is 40.4 Å². The van der Waals surface area contributed by atoms with Crippen molar-refractivity contribution in [2.75, 3.05) is 0 Å². The number of carbonyl (C=O) groups is 4. The second kappa shape index (κ2) is 24.1.